The molecule has 0 aromatic heterocycles. The Kier molecular flexibility index (Phi) is 6.10. The van der Waals surface area contributed by atoms with E-state index in [0.717, 1.165) is 9.87 Å². The van der Waals surface area contributed by atoms with Crippen molar-refractivity contribution in [2.75, 3.05) is 11.4 Å². The average Bonchev–Trinajstić information content (AvgIpc) is 2.73. The first-order valence-electron chi connectivity index (χ1n) is 8.57. The molecule has 3 aromatic carbocycles. The first kappa shape index (κ1) is 20.7. The van der Waals surface area contributed by atoms with Crippen molar-refractivity contribution < 1.29 is 23.1 Å². The quantitative estimate of drug-likeness (QED) is 0.597. The Morgan fingerprint density at radius 3 is 2.31 bits per heavy atom. The summed E-state index contributed by atoms with van der Waals surface area (Å²) in [7, 11) is -2.37. The summed E-state index contributed by atoms with van der Waals surface area (Å²) in [5.41, 5.74) is 1.21. The maximum absolute atomic E-state index is 12.9. The van der Waals surface area contributed by atoms with Gasteiger partial charge < -0.3 is 9.84 Å². The molecule has 0 unspecified atom stereocenters. The summed E-state index contributed by atoms with van der Waals surface area (Å²) < 4.78 is 32.8. The van der Waals surface area contributed by atoms with E-state index >= 15 is 0 Å². The zero-order valence-electron chi connectivity index (χ0n) is 15.4. The van der Waals surface area contributed by atoms with Gasteiger partial charge in [-0.25, -0.2) is 13.2 Å². The van der Waals surface area contributed by atoms with Crippen LogP contribution in [0.5, 0.6) is 5.75 Å². The Bertz CT molecular complexity index is 1120. The molecule has 0 spiro atoms. The molecule has 6 nitrogen and oxygen atoms in total. The van der Waals surface area contributed by atoms with Gasteiger partial charge in [0.15, 0.2) is 0 Å². The predicted molar refractivity (Wildman–Crippen MR) is 111 cm³/mol. The van der Waals surface area contributed by atoms with Crippen LogP contribution in [0.25, 0.3) is 0 Å². The molecule has 0 aliphatic heterocycles. The molecule has 0 bridgehead atoms. The second-order valence-electron chi connectivity index (χ2n) is 6.19. The number of ether oxygens (including phenoxy) is 1. The van der Waals surface area contributed by atoms with Gasteiger partial charge in [0.2, 0.25) is 0 Å². The van der Waals surface area contributed by atoms with E-state index in [4.69, 9.17) is 21.4 Å². The lowest BCUT2D eigenvalue weighted by molar-refractivity contribution is 0.0697. The molecule has 0 atom stereocenters. The molecule has 0 radical (unpaired) electrons. The van der Waals surface area contributed by atoms with Crippen molar-refractivity contribution in [1.82, 2.24) is 0 Å². The van der Waals surface area contributed by atoms with Crippen LogP contribution in [0.1, 0.15) is 15.9 Å². The van der Waals surface area contributed by atoms with E-state index in [1.165, 1.54) is 37.4 Å². The SMILES string of the molecule is CN(c1cc(Cl)ccc1OCc1ccc(C(=O)O)cc1)S(=O)(=O)c1ccccc1. The molecular weight excluding hydrogens is 414 g/mol. The van der Waals surface area contributed by atoms with Crippen LogP contribution in [0.2, 0.25) is 5.02 Å². The van der Waals surface area contributed by atoms with Crippen molar-refractivity contribution in [2.45, 2.75) is 11.5 Å². The second kappa shape index (κ2) is 8.55. The molecule has 3 rings (SSSR count). The number of anilines is 1. The van der Waals surface area contributed by atoms with E-state index in [1.54, 1.807) is 42.5 Å². The summed E-state index contributed by atoms with van der Waals surface area (Å²) in [5, 5.41) is 9.34. The standard InChI is InChI=1S/C21H18ClNO5S/c1-23(29(26,27)18-5-3-2-4-6-18)19-13-17(22)11-12-20(19)28-14-15-7-9-16(10-8-15)21(24)25/h2-13H,14H2,1H3,(H,24,25). The minimum absolute atomic E-state index is 0.133. The van der Waals surface area contributed by atoms with Gasteiger partial charge in [-0.05, 0) is 48.0 Å². The van der Waals surface area contributed by atoms with Crippen LogP contribution in [0.3, 0.4) is 0 Å². The van der Waals surface area contributed by atoms with E-state index in [0.29, 0.717) is 16.5 Å². The van der Waals surface area contributed by atoms with Crippen molar-refractivity contribution in [3.8, 4) is 5.75 Å². The highest BCUT2D eigenvalue weighted by atomic mass is 35.5. The normalized spacial score (nSPS) is 11.1. The number of hydrogen-bond acceptors (Lipinski definition) is 4. The zero-order chi connectivity index (χ0) is 21.0. The molecule has 3 aromatic rings. The fraction of sp³-hybridized carbons (Fsp3) is 0.0952. The monoisotopic (exact) mass is 431 g/mol. The highest BCUT2D eigenvalue weighted by molar-refractivity contribution is 7.92. The average molecular weight is 432 g/mol. The third kappa shape index (κ3) is 4.70. The van der Waals surface area contributed by atoms with Gasteiger partial charge in [0.25, 0.3) is 10.0 Å². The van der Waals surface area contributed by atoms with Crippen molar-refractivity contribution in [3.63, 3.8) is 0 Å². The molecule has 0 aliphatic carbocycles. The van der Waals surface area contributed by atoms with E-state index in [-0.39, 0.29) is 17.1 Å². The minimum atomic E-state index is -3.80. The number of sulfonamides is 1. The number of carboxylic acids is 1. The lowest BCUT2D eigenvalue weighted by Gasteiger charge is -2.22. The minimum Gasteiger partial charge on any atom is -0.487 e. The number of benzene rings is 3. The van der Waals surface area contributed by atoms with Gasteiger partial charge in [-0.1, -0.05) is 41.9 Å². The largest absolute Gasteiger partial charge is 0.487 e. The van der Waals surface area contributed by atoms with Gasteiger partial charge in [-0.3, -0.25) is 4.31 Å². The van der Waals surface area contributed by atoms with Gasteiger partial charge >= 0.3 is 5.97 Å². The number of carbonyl (C=O) groups is 1. The molecule has 1 N–H and O–H groups in total. The van der Waals surface area contributed by atoms with Crippen LogP contribution in [-0.2, 0) is 16.6 Å². The van der Waals surface area contributed by atoms with Crippen LogP contribution in [-0.4, -0.2) is 26.5 Å². The fourth-order valence-corrected chi connectivity index (χ4v) is 4.03. The summed E-state index contributed by atoms with van der Waals surface area (Å²) in [4.78, 5) is 11.1. The van der Waals surface area contributed by atoms with E-state index in [2.05, 4.69) is 0 Å². The van der Waals surface area contributed by atoms with E-state index in [1.807, 2.05) is 0 Å². The van der Waals surface area contributed by atoms with Crippen molar-refractivity contribution in [2.24, 2.45) is 0 Å². The van der Waals surface area contributed by atoms with Gasteiger partial charge in [0.1, 0.15) is 12.4 Å². The second-order valence-corrected chi connectivity index (χ2v) is 8.59. The topological polar surface area (TPSA) is 83.9 Å². The highest BCUT2D eigenvalue weighted by Gasteiger charge is 2.24. The Balaban J connectivity index is 1.87. The lowest BCUT2D eigenvalue weighted by atomic mass is 10.1. The van der Waals surface area contributed by atoms with Gasteiger partial charge in [-0.2, -0.15) is 0 Å². The summed E-state index contributed by atoms with van der Waals surface area (Å²) >= 11 is 6.09. The molecule has 0 saturated heterocycles. The van der Waals surface area contributed by atoms with Crippen LogP contribution >= 0.6 is 11.6 Å². The number of nitrogens with zero attached hydrogens (tertiary/aromatic N) is 1. The highest BCUT2D eigenvalue weighted by Crippen LogP contribution is 2.34. The number of halogens is 1. The smallest absolute Gasteiger partial charge is 0.335 e. The first-order valence-corrected chi connectivity index (χ1v) is 10.4. The number of aromatic carboxylic acids is 1. The number of carboxylic acid groups (broad SMARTS) is 1. The molecule has 0 heterocycles. The Morgan fingerprint density at radius 1 is 1.03 bits per heavy atom. The van der Waals surface area contributed by atoms with Crippen molar-refractivity contribution in [1.29, 1.82) is 0 Å². The van der Waals surface area contributed by atoms with Crippen LogP contribution in [0, 0.1) is 0 Å². The van der Waals surface area contributed by atoms with Crippen molar-refractivity contribution >= 4 is 33.3 Å². The van der Waals surface area contributed by atoms with E-state index < -0.39 is 16.0 Å². The van der Waals surface area contributed by atoms with Crippen LogP contribution < -0.4 is 9.04 Å². The van der Waals surface area contributed by atoms with Crippen LogP contribution in [0.4, 0.5) is 5.69 Å². The summed E-state index contributed by atoms with van der Waals surface area (Å²) in [6.45, 7) is 0.133. The molecule has 0 saturated carbocycles. The Morgan fingerprint density at radius 2 is 1.69 bits per heavy atom. The summed E-state index contributed by atoms with van der Waals surface area (Å²) in [5.74, 6) is -0.677. The zero-order valence-corrected chi connectivity index (χ0v) is 17.0. The Hall–Kier alpha value is -3.03. The van der Waals surface area contributed by atoms with Gasteiger partial charge in [-0.15, -0.1) is 0 Å². The molecule has 0 amide bonds. The molecule has 150 valence electrons. The fourth-order valence-electron chi connectivity index (χ4n) is 2.64. The molecule has 8 heteroatoms. The molecule has 29 heavy (non-hydrogen) atoms. The Labute approximate surface area is 174 Å². The number of rotatable bonds is 7. The van der Waals surface area contributed by atoms with E-state index in [9.17, 15) is 13.2 Å². The third-order valence-corrected chi connectivity index (χ3v) is 6.28. The number of hydrogen-bond donors (Lipinski definition) is 1. The molecule has 0 fully saturated rings. The lowest BCUT2D eigenvalue weighted by Crippen LogP contribution is -2.27. The van der Waals surface area contributed by atoms with Gasteiger partial charge in [0, 0.05) is 12.1 Å². The maximum atomic E-state index is 12.9. The maximum Gasteiger partial charge on any atom is 0.335 e. The molecular formula is C21H18ClNO5S. The first-order chi connectivity index (χ1) is 13.8. The van der Waals surface area contributed by atoms with Crippen LogP contribution in [0.15, 0.2) is 77.7 Å². The third-order valence-electron chi connectivity index (χ3n) is 4.26. The predicted octanol–water partition coefficient (Wildman–Crippen LogP) is 4.44. The summed E-state index contributed by atoms with van der Waals surface area (Å²) in [6.07, 6.45) is 0. The van der Waals surface area contributed by atoms with Crippen molar-refractivity contribution in [3.05, 3.63) is 88.9 Å². The molecule has 0 aliphatic rings. The van der Waals surface area contributed by atoms with Gasteiger partial charge in [0.05, 0.1) is 16.1 Å². The summed E-state index contributed by atoms with van der Waals surface area (Å²) in [6, 6.07) is 19.0.